The Bertz CT molecular complexity index is 881. The minimum atomic E-state index is -0.162. The zero-order valence-corrected chi connectivity index (χ0v) is 15.7. The van der Waals surface area contributed by atoms with Crippen molar-refractivity contribution in [3.8, 4) is 0 Å². The van der Waals surface area contributed by atoms with Gasteiger partial charge in [-0.05, 0) is 30.9 Å². The fraction of sp³-hybridized carbons (Fsp3) is 0.545. The fourth-order valence-electron chi connectivity index (χ4n) is 5.28. The van der Waals surface area contributed by atoms with Crippen LogP contribution in [-0.4, -0.2) is 45.7 Å². The highest BCUT2D eigenvalue weighted by Crippen LogP contribution is 2.32. The monoisotopic (exact) mass is 365 g/mol. The molecule has 27 heavy (non-hydrogen) atoms. The second-order valence-electron chi connectivity index (χ2n) is 8.38. The van der Waals surface area contributed by atoms with E-state index >= 15 is 0 Å². The highest BCUT2D eigenvalue weighted by Gasteiger charge is 2.40. The van der Waals surface area contributed by atoms with Crippen LogP contribution in [0.5, 0.6) is 0 Å². The fourth-order valence-corrected chi connectivity index (χ4v) is 5.28. The Kier molecular flexibility index (Phi) is 4.18. The molecule has 5 nitrogen and oxygen atoms in total. The minimum Gasteiger partial charge on any atom is -0.357 e. The largest absolute Gasteiger partial charge is 0.357 e. The third-order valence-electron chi connectivity index (χ3n) is 6.72. The van der Waals surface area contributed by atoms with Crippen molar-refractivity contribution < 1.29 is 9.59 Å². The van der Waals surface area contributed by atoms with E-state index in [9.17, 15) is 9.59 Å². The molecule has 1 unspecified atom stereocenters. The standard InChI is InChI=1S/C22H27N3O2/c26-21-12-15(13-25(21)16-6-2-1-3-7-16)22(27)24-11-10-18-17-8-4-5-9-19(17)23-20(18)14-24/h4-5,8-9,15-16,23H,1-3,6-7,10-14H2. The predicted molar refractivity (Wildman–Crippen MR) is 104 cm³/mol. The Morgan fingerprint density at radius 1 is 1.11 bits per heavy atom. The Morgan fingerprint density at radius 2 is 1.93 bits per heavy atom. The van der Waals surface area contributed by atoms with Crippen LogP contribution in [0.3, 0.4) is 0 Å². The molecule has 2 aromatic rings. The van der Waals surface area contributed by atoms with E-state index in [1.165, 1.54) is 30.2 Å². The maximum absolute atomic E-state index is 13.1. The number of para-hydroxylation sites is 1. The molecule has 0 radical (unpaired) electrons. The van der Waals surface area contributed by atoms with Gasteiger partial charge in [0, 0.05) is 42.1 Å². The zero-order chi connectivity index (χ0) is 18.4. The summed E-state index contributed by atoms with van der Waals surface area (Å²) < 4.78 is 0. The van der Waals surface area contributed by atoms with E-state index in [0.29, 0.717) is 25.6 Å². The maximum Gasteiger partial charge on any atom is 0.228 e. The number of H-pyrrole nitrogens is 1. The molecular formula is C22H27N3O2. The number of likely N-dealkylation sites (tertiary alicyclic amines) is 1. The smallest absolute Gasteiger partial charge is 0.228 e. The average molecular weight is 365 g/mol. The second-order valence-corrected chi connectivity index (χ2v) is 8.38. The third kappa shape index (κ3) is 2.93. The van der Waals surface area contributed by atoms with E-state index in [1.54, 1.807) is 0 Å². The number of rotatable bonds is 2. The first kappa shape index (κ1) is 16.8. The summed E-state index contributed by atoms with van der Waals surface area (Å²) in [5.74, 6) is 0.180. The van der Waals surface area contributed by atoms with Crippen LogP contribution < -0.4 is 0 Å². The van der Waals surface area contributed by atoms with E-state index in [1.807, 2.05) is 15.9 Å². The van der Waals surface area contributed by atoms with Crippen LogP contribution in [0, 0.1) is 5.92 Å². The van der Waals surface area contributed by atoms with Gasteiger partial charge in [0.15, 0.2) is 0 Å². The van der Waals surface area contributed by atoms with Crippen molar-refractivity contribution in [3.05, 3.63) is 35.5 Å². The quantitative estimate of drug-likeness (QED) is 0.888. The van der Waals surface area contributed by atoms with E-state index in [2.05, 4.69) is 23.2 Å². The molecule has 1 saturated heterocycles. The van der Waals surface area contributed by atoms with Crippen molar-refractivity contribution in [3.63, 3.8) is 0 Å². The molecule has 1 aromatic carbocycles. The number of aromatic amines is 1. The molecule has 1 atom stereocenters. The molecule has 5 rings (SSSR count). The number of carbonyl (C=O) groups is 2. The normalized spacial score (nSPS) is 23.9. The summed E-state index contributed by atoms with van der Waals surface area (Å²) in [6.45, 7) is 2.01. The molecular weight excluding hydrogens is 338 g/mol. The van der Waals surface area contributed by atoms with Gasteiger partial charge < -0.3 is 14.8 Å². The lowest BCUT2D eigenvalue weighted by atomic mass is 9.94. The van der Waals surface area contributed by atoms with Crippen LogP contribution >= 0.6 is 0 Å². The molecule has 3 heterocycles. The van der Waals surface area contributed by atoms with Crippen molar-refractivity contribution in [1.82, 2.24) is 14.8 Å². The molecule has 3 aliphatic rings. The highest BCUT2D eigenvalue weighted by atomic mass is 16.2. The van der Waals surface area contributed by atoms with Crippen LogP contribution in [0.4, 0.5) is 0 Å². The number of carbonyl (C=O) groups excluding carboxylic acids is 2. The lowest BCUT2D eigenvalue weighted by molar-refractivity contribution is -0.136. The van der Waals surface area contributed by atoms with E-state index in [0.717, 1.165) is 37.0 Å². The summed E-state index contributed by atoms with van der Waals surface area (Å²) in [6.07, 6.45) is 7.19. The summed E-state index contributed by atoms with van der Waals surface area (Å²) in [7, 11) is 0. The van der Waals surface area contributed by atoms with Gasteiger partial charge in [0.05, 0.1) is 12.5 Å². The van der Waals surface area contributed by atoms with E-state index < -0.39 is 0 Å². The van der Waals surface area contributed by atoms with Crippen LogP contribution in [-0.2, 0) is 22.6 Å². The Morgan fingerprint density at radius 3 is 2.78 bits per heavy atom. The zero-order valence-electron chi connectivity index (χ0n) is 15.7. The van der Waals surface area contributed by atoms with E-state index in [-0.39, 0.29) is 17.7 Å². The molecule has 1 aromatic heterocycles. The number of fused-ring (bicyclic) bond motifs is 3. The Balaban J connectivity index is 1.29. The molecule has 142 valence electrons. The van der Waals surface area contributed by atoms with E-state index in [4.69, 9.17) is 0 Å². The first-order valence-corrected chi connectivity index (χ1v) is 10.4. The number of aromatic nitrogens is 1. The Labute approximate surface area is 159 Å². The number of benzene rings is 1. The molecule has 1 N–H and O–H groups in total. The maximum atomic E-state index is 13.1. The van der Waals surface area contributed by atoms with Crippen LogP contribution in [0.1, 0.15) is 49.8 Å². The summed E-state index contributed by atoms with van der Waals surface area (Å²) >= 11 is 0. The topological polar surface area (TPSA) is 56.4 Å². The third-order valence-corrected chi connectivity index (χ3v) is 6.72. The van der Waals surface area contributed by atoms with Crippen molar-refractivity contribution in [2.24, 2.45) is 5.92 Å². The minimum absolute atomic E-state index is 0.158. The highest BCUT2D eigenvalue weighted by molar-refractivity contribution is 5.90. The van der Waals surface area contributed by atoms with Gasteiger partial charge in [-0.2, -0.15) is 0 Å². The number of hydrogen-bond acceptors (Lipinski definition) is 2. The summed E-state index contributed by atoms with van der Waals surface area (Å²) in [5.41, 5.74) is 3.65. The molecule has 2 aliphatic heterocycles. The Hall–Kier alpha value is -2.30. The van der Waals surface area contributed by atoms with Crippen LogP contribution in [0.25, 0.3) is 10.9 Å². The van der Waals surface area contributed by atoms with Crippen LogP contribution in [0.2, 0.25) is 0 Å². The SMILES string of the molecule is O=C(C1CC(=O)N(C2CCCCC2)C1)N1CCc2c([nH]c3ccccc23)C1. The van der Waals surface area contributed by atoms with Crippen molar-refractivity contribution >= 4 is 22.7 Å². The summed E-state index contributed by atoms with van der Waals surface area (Å²) in [4.78, 5) is 33.1. The molecule has 5 heteroatoms. The van der Waals surface area contributed by atoms with Crippen molar-refractivity contribution in [2.75, 3.05) is 13.1 Å². The van der Waals surface area contributed by atoms with Gasteiger partial charge in [-0.1, -0.05) is 37.5 Å². The molecule has 1 aliphatic carbocycles. The number of amides is 2. The molecule has 2 fully saturated rings. The number of nitrogens with zero attached hydrogens (tertiary/aromatic N) is 2. The first-order valence-electron chi connectivity index (χ1n) is 10.4. The van der Waals surface area contributed by atoms with Gasteiger partial charge in [-0.15, -0.1) is 0 Å². The first-order chi connectivity index (χ1) is 13.2. The van der Waals surface area contributed by atoms with Gasteiger partial charge in [0.25, 0.3) is 0 Å². The molecule has 2 amide bonds. The van der Waals surface area contributed by atoms with Crippen molar-refractivity contribution in [1.29, 1.82) is 0 Å². The van der Waals surface area contributed by atoms with Crippen LogP contribution in [0.15, 0.2) is 24.3 Å². The van der Waals surface area contributed by atoms with Gasteiger partial charge in [-0.3, -0.25) is 9.59 Å². The predicted octanol–water partition coefficient (Wildman–Crippen LogP) is 3.23. The van der Waals surface area contributed by atoms with Gasteiger partial charge in [0.1, 0.15) is 0 Å². The molecule has 0 bridgehead atoms. The lowest BCUT2D eigenvalue weighted by Gasteiger charge is -2.32. The molecule has 0 spiro atoms. The average Bonchev–Trinajstić information content (AvgIpc) is 3.28. The van der Waals surface area contributed by atoms with Gasteiger partial charge in [-0.25, -0.2) is 0 Å². The van der Waals surface area contributed by atoms with Gasteiger partial charge >= 0.3 is 0 Å². The lowest BCUT2D eigenvalue weighted by Crippen LogP contribution is -2.42. The summed E-state index contributed by atoms with van der Waals surface area (Å²) in [6, 6.07) is 8.72. The number of hydrogen-bond donors (Lipinski definition) is 1. The number of nitrogens with one attached hydrogen (secondary N) is 1. The summed E-state index contributed by atoms with van der Waals surface area (Å²) in [5, 5.41) is 1.28. The molecule has 1 saturated carbocycles. The van der Waals surface area contributed by atoms with Gasteiger partial charge in [0.2, 0.25) is 11.8 Å². The second kappa shape index (κ2) is 6.70. The van der Waals surface area contributed by atoms with Crippen molar-refractivity contribution in [2.45, 2.75) is 57.5 Å².